The predicted octanol–water partition coefficient (Wildman–Crippen LogP) is 2.19. The molecule has 1 saturated heterocycles. The molecule has 104 valence electrons. The zero-order valence-corrected chi connectivity index (χ0v) is 12.4. The lowest BCUT2D eigenvalue weighted by molar-refractivity contribution is -0.384. The summed E-state index contributed by atoms with van der Waals surface area (Å²) >= 11 is 3.36. The van der Waals surface area contributed by atoms with E-state index in [1.54, 1.807) is 6.20 Å². The summed E-state index contributed by atoms with van der Waals surface area (Å²) < 4.78 is 0.665. The number of pyridine rings is 1. The number of nitrogens with zero attached hydrogens (tertiary/aromatic N) is 3. The van der Waals surface area contributed by atoms with Gasteiger partial charge in [0.15, 0.2) is 0 Å². The molecule has 1 aliphatic rings. The fraction of sp³-hybridized carbons (Fsp3) is 0.583. The van der Waals surface area contributed by atoms with Gasteiger partial charge in [-0.15, -0.1) is 0 Å². The molecule has 2 rings (SSSR count). The third-order valence-corrected chi connectivity index (χ3v) is 4.00. The van der Waals surface area contributed by atoms with Crippen molar-refractivity contribution in [3.05, 3.63) is 27.0 Å². The van der Waals surface area contributed by atoms with Crippen LogP contribution in [0.3, 0.4) is 0 Å². The number of halogens is 1. The Labute approximate surface area is 120 Å². The van der Waals surface area contributed by atoms with E-state index in [0.29, 0.717) is 16.1 Å². The molecule has 6 nitrogen and oxygen atoms in total. The molecule has 19 heavy (non-hydrogen) atoms. The van der Waals surface area contributed by atoms with E-state index in [-0.39, 0.29) is 10.6 Å². The molecular formula is C12H17BrN4O2. The molecule has 1 aromatic heterocycles. The highest BCUT2D eigenvalue weighted by molar-refractivity contribution is 9.10. The lowest BCUT2D eigenvalue weighted by atomic mass is 9.97. The Hall–Kier alpha value is -1.21. The highest BCUT2D eigenvalue weighted by Crippen LogP contribution is 2.34. The van der Waals surface area contributed by atoms with Gasteiger partial charge in [-0.1, -0.05) is 0 Å². The molecule has 0 unspecified atom stereocenters. The van der Waals surface area contributed by atoms with Crippen LogP contribution >= 0.6 is 15.9 Å². The van der Waals surface area contributed by atoms with Crippen molar-refractivity contribution >= 4 is 27.3 Å². The van der Waals surface area contributed by atoms with E-state index in [2.05, 4.69) is 26.2 Å². The molecule has 0 atom stereocenters. The van der Waals surface area contributed by atoms with Crippen LogP contribution in [0.15, 0.2) is 16.9 Å². The van der Waals surface area contributed by atoms with Gasteiger partial charge in [0, 0.05) is 19.8 Å². The van der Waals surface area contributed by atoms with Crippen LogP contribution in [0.2, 0.25) is 0 Å². The first-order chi connectivity index (χ1) is 9.09. The lowest BCUT2D eigenvalue weighted by Crippen LogP contribution is -2.34. The van der Waals surface area contributed by atoms with Gasteiger partial charge >= 0.3 is 5.69 Å². The molecule has 0 amide bonds. The molecule has 1 N–H and O–H groups in total. The number of piperidine rings is 1. The van der Waals surface area contributed by atoms with Gasteiger partial charge in [0.05, 0.1) is 9.40 Å². The van der Waals surface area contributed by atoms with Crippen molar-refractivity contribution in [1.82, 2.24) is 10.3 Å². The normalized spacial score (nSPS) is 16.3. The summed E-state index contributed by atoms with van der Waals surface area (Å²) in [6.07, 6.45) is 5.13. The van der Waals surface area contributed by atoms with Gasteiger partial charge in [-0.3, -0.25) is 15.1 Å². The third-order valence-electron chi connectivity index (χ3n) is 3.42. The maximum absolute atomic E-state index is 11.1. The molecule has 0 aliphatic carbocycles. The molecule has 1 fully saturated rings. The topological polar surface area (TPSA) is 71.3 Å². The Morgan fingerprint density at radius 1 is 1.53 bits per heavy atom. The Morgan fingerprint density at radius 3 is 2.84 bits per heavy atom. The van der Waals surface area contributed by atoms with Gasteiger partial charge in [-0.25, -0.2) is 0 Å². The molecule has 1 aliphatic heterocycles. The quantitative estimate of drug-likeness (QED) is 0.677. The maximum Gasteiger partial charge on any atom is 0.311 e. The van der Waals surface area contributed by atoms with E-state index in [1.807, 2.05) is 11.9 Å². The van der Waals surface area contributed by atoms with Gasteiger partial charge in [0.2, 0.25) is 0 Å². The van der Waals surface area contributed by atoms with Crippen molar-refractivity contribution in [1.29, 1.82) is 0 Å². The van der Waals surface area contributed by atoms with Crippen LogP contribution in [0.1, 0.15) is 12.8 Å². The van der Waals surface area contributed by atoms with Gasteiger partial charge in [-0.05, 0) is 47.8 Å². The summed E-state index contributed by atoms with van der Waals surface area (Å²) in [5, 5.41) is 14.4. The van der Waals surface area contributed by atoms with Crippen molar-refractivity contribution in [3.63, 3.8) is 0 Å². The number of anilines is 1. The van der Waals surface area contributed by atoms with Crippen molar-refractivity contribution in [2.45, 2.75) is 12.8 Å². The summed E-state index contributed by atoms with van der Waals surface area (Å²) in [4.78, 5) is 16.5. The van der Waals surface area contributed by atoms with Gasteiger partial charge in [0.1, 0.15) is 11.9 Å². The summed E-state index contributed by atoms with van der Waals surface area (Å²) in [7, 11) is 1.90. The second-order valence-electron chi connectivity index (χ2n) is 4.82. The van der Waals surface area contributed by atoms with Gasteiger partial charge in [0.25, 0.3) is 0 Å². The Balaban J connectivity index is 2.17. The molecule has 0 aromatic carbocycles. The average molecular weight is 329 g/mol. The largest absolute Gasteiger partial charge is 0.368 e. The average Bonchev–Trinajstić information content (AvgIpc) is 2.39. The van der Waals surface area contributed by atoms with Crippen molar-refractivity contribution in [3.8, 4) is 0 Å². The third kappa shape index (κ3) is 3.42. The fourth-order valence-corrected chi connectivity index (χ4v) is 3.10. The molecule has 1 aromatic rings. The first-order valence-electron chi connectivity index (χ1n) is 6.29. The van der Waals surface area contributed by atoms with E-state index >= 15 is 0 Å². The number of nitrogens with one attached hydrogen (secondary N) is 1. The summed E-state index contributed by atoms with van der Waals surface area (Å²) in [6.45, 7) is 2.88. The van der Waals surface area contributed by atoms with Crippen LogP contribution in [-0.2, 0) is 0 Å². The Morgan fingerprint density at radius 2 is 2.21 bits per heavy atom. The molecule has 0 spiro atoms. The van der Waals surface area contributed by atoms with E-state index in [0.717, 1.165) is 32.5 Å². The second kappa shape index (κ2) is 6.29. The van der Waals surface area contributed by atoms with Crippen molar-refractivity contribution in [2.24, 2.45) is 5.92 Å². The van der Waals surface area contributed by atoms with Gasteiger partial charge in [-0.2, -0.15) is 0 Å². The predicted molar refractivity (Wildman–Crippen MR) is 77.5 cm³/mol. The smallest absolute Gasteiger partial charge is 0.311 e. The number of rotatable bonds is 4. The van der Waals surface area contributed by atoms with E-state index in [4.69, 9.17) is 0 Å². The van der Waals surface area contributed by atoms with Gasteiger partial charge < -0.3 is 10.2 Å². The number of hydrogen-bond donors (Lipinski definition) is 1. The number of aromatic nitrogens is 1. The fourth-order valence-electron chi connectivity index (χ4n) is 2.47. The molecule has 0 saturated carbocycles. The first kappa shape index (κ1) is 14.2. The van der Waals surface area contributed by atoms with Crippen LogP contribution in [0.4, 0.5) is 11.4 Å². The molecule has 2 heterocycles. The highest BCUT2D eigenvalue weighted by Gasteiger charge is 2.23. The Bertz CT molecular complexity index is 463. The minimum atomic E-state index is -0.383. The van der Waals surface area contributed by atoms with E-state index < -0.39 is 0 Å². The first-order valence-corrected chi connectivity index (χ1v) is 7.08. The van der Waals surface area contributed by atoms with E-state index in [1.165, 1.54) is 6.20 Å². The summed E-state index contributed by atoms with van der Waals surface area (Å²) in [5.41, 5.74) is 0.657. The zero-order valence-electron chi connectivity index (χ0n) is 10.8. The zero-order chi connectivity index (χ0) is 13.8. The van der Waals surface area contributed by atoms with Crippen LogP contribution in [0.25, 0.3) is 0 Å². The minimum absolute atomic E-state index is 0.0470. The minimum Gasteiger partial charge on any atom is -0.368 e. The summed E-state index contributed by atoms with van der Waals surface area (Å²) in [5.74, 6) is 0.575. The SMILES string of the molecule is CN(CC1CCNCC1)c1c(Br)cncc1[N+](=O)[O-]. The molecule has 0 bridgehead atoms. The maximum atomic E-state index is 11.1. The molecular weight excluding hydrogens is 312 g/mol. The number of hydrogen-bond acceptors (Lipinski definition) is 5. The summed E-state index contributed by atoms with van der Waals surface area (Å²) in [6, 6.07) is 0. The number of nitro groups is 1. The molecule has 0 radical (unpaired) electrons. The highest BCUT2D eigenvalue weighted by atomic mass is 79.9. The lowest BCUT2D eigenvalue weighted by Gasteiger charge is -2.28. The van der Waals surface area contributed by atoms with Crippen LogP contribution in [0.5, 0.6) is 0 Å². The monoisotopic (exact) mass is 328 g/mol. The van der Waals surface area contributed by atoms with Crippen LogP contribution < -0.4 is 10.2 Å². The Kier molecular flexibility index (Phi) is 4.71. The second-order valence-corrected chi connectivity index (χ2v) is 5.67. The van der Waals surface area contributed by atoms with Crippen LogP contribution in [-0.4, -0.2) is 36.6 Å². The standard InChI is InChI=1S/C12H17BrN4O2/c1-16(8-9-2-4-14-5-3-9)12-10(13)6-15-7-11(12)17(18)19/h6-7,9,14H,2-5,8H2,1H3. The molecule has 7 heteroatoms. The van der Waals surface area contributed by atoms with E-state index in [9.17, 15) is 10.1 Å². The van der Waals surface area contributed by atoms with Crippen molar-refractivity contribution < 1.29 is 4.92 Å². The van der Waals surface area contributed by atoms with Crippen molar-refractivity contribution in [2.75, 3.05) is 31.6 Å². The van der Waals surface area contributed by atoms with Crippen LogP contribution in [0, 0.1) is 16.0 Å².